The smallest absolute Gasteiger partial charge is 0.335 e. The third-order valence-electron chi connectivity index (χ3n) is 4.54. The first-order valence-electron chi connectivity index (χ1n) is 8.65. The number of non-ortho nitro benzene ring substituents is 1. The topological polar surface area (TPSA) is 113 Å². The number of thiocarbonyl (C=S) groups is 1. The monoisotopic (exact) mass is 411 g/mol. The van der Waals surface area contributed by atoms with E-state index in [1.165, 1.54) is 23.1 Å². The summed E-state index contributed by atoms with van der Waals surface area (Å²) >= 11 is 5.33. The highest BCUT2D eigenvalue weighted by molar-refractivity contribution is 7.80. The minimum Gasteiger partial charge on any atom is -0.478 e. The number of carbonyl (C=O) groups excluding carboxylic acids is 1. The van der Waals surface area contributed by atoms with Crippen LogP contribution in [0.1, 0.15) is 24.1 Å². The van der Waals surface area contributed by atoms with Gasteiger partial charge in [0, 0.05) is 17.8 Å². The van der Waals surface area contributed by atoms with Crippen LogP contribution in [-0.4, -0.2) is 31.9 Å². The second-order valence-corrected chi connectivity index (χ2v) is 6.84. The molecule has 148 valence electrons. The van der Waals surface area contributed by atoms with Gasteiger partial charge < -0.3 is 10.4 Å². The van der Waals surface area contributed by atoms with Gasteiger partial charge in [0.25, 0.3) is 5.69 Å². The lowest BCUT2D eigenvalue weighted by Gasteiger charge is -2.37. The van der Waals surface area contributed by atoms with E-state index in [9.17, 15) is 24.8 Å². The molecule has 1 amide bonds. The van der Waals surface area contributed by atoms with Crippen molar-refractivity contribution in [2.45, 2.75) is 19.4 Å². The Morgan fingerprint density at radius 2 is 1.90 bits per heavy atom. The predicted molar refractivity (Wildman–Crippen MR) is 109 cm³/mol. The molecule has 2 aromatic carbocycles. The van der Waals surface area contributed by atoms with Crippen molar-refractivity contribution in [1.82, 2.24) is 10.2 Å². The first-order chi connectivity index (χ1) is 13.8. The van der Waals surface area contributed by atoms with Gasteiger partial charge in [-0.1, -0.05) is 42.5 Å². The minimum absolute atomic E-state index is 0.0000332. The number of carbonyl (C=O) groups is 2. The number of nitrogens with one attached hydrogen (secondary N) is 1. The van der Waals surface area contributed by atoms with Gasteiger partial charge in [0.15, 0.2) is 5.11 Å². The first kappa shape index (κ1) is 20.2. The number of nitrogens with zero attached hydrogens (tertiary/aromatic N) is 2. The molecule has 0 saturated heterocycles. The first-order valence-corrected chi connectivity index (χ1v) is 9.05. The molecule has 1 atom stereocenters. The van der Waals surface area contributed by atoms with Crippen LogP contribution in [0, 0.1) is 10.1 Å². The van der Waals surface area contributed by atoms with Gasteiger partial charge in [0.05, 0.1) is 23.0 Å². The molecule has 0 radical (unpaired) electrons. The zero-order valence-corrected chi connectivity index (χ0v) is 16.2. The van der Waals surface area contributed by atoms with Crippen LogP contribution in [0.5, 0.6) is 0 Å². The summed E-state index contributed by atoms with van der Waals surface area (Å²) in [5, 5.41) is 23.8. The molecule has 9 heteroatoms. The Morgan fingerprint density at radius 1 is 1.21 bits per heavy atom. The van der Waals surface area contributed by atoms with E-state index in [1.807, 2.05) is 6.07 Å². The summed E-state index contributed by atoms with van der Waals surface area (Å²) in [7, 11) is 0. The van der Waals surface area contributed by atoms with Crippen molar-refractivity contribution in [3.63, 3.8) is 0 Å². The molecular formula is C20H17N3O5S. The number of carboxylic acids is 1. The van der Waals surface area contributed by atoms with Crippen LogP contribution in [0.2, 0.25) is 0 Å². The quantitative estimate of drug-likeness (QED) is 0.442. The van der Waals surface area contributed by atoms with E-state index in [4.69, 9.17) is 12.2 Å². The van der Waals surface area contributed by atoms with Crippen LogP contribution in [0.3, 0.4) is 0 Å². The fourth-order valence-corrected chi connectivity index (χ4v) is 3.61. The van der Waals surface area contributed by atoms with Crippen molar-refractivity contribution in [2.75, 3.05) is 0 Å². The number of benzene rings is 2. The number of hydrogen-bond acceptors (Lipinski definition) is 5. The van der Waals surface area contributed by atoms with Gasteiger partial charge in [-0.05, 0) is 30.3 Å². The van der Waals surface area contributed by atoms with Crippen LogP contribution >= 0.6 is 12.2 Å². The highest BCUT2D eigenvalue weighted by atomic mass is 32.1. The van der Waals surface area contributed by atoms with Gasteiger partial charge in [-0.3, -0.25) is 19.8 Å². The molecule has 1 heterocycles. The van der Waals surface area contributed by atoms with Crippen molar-refractivity contribution in [3.05, 3.63) is 87.1 Å². The van der Waals surface area contributed by atoms with E-state index in [0.29, 0.717) is 5.56 Å². The van der Waals surface area contributed by atoms with Gasteiger partial charge in [-0.25, -0.2) is 4.79 Å². The normalized spacial score (nSPS) is 16.4. The summed E-state index contributed by atoms with van der Waals surface area (Å²) in [6.45, 7) is 1.54. The molecule has 0 saturated carbocycles. The molecule has 0 spiro atoms. The predicted octanol–water partition coefficient (Wildman–Crippen LogP) is 2.95. The Bertz CT molecular complexity index is 1040. The molecule has 1 aliphatic rings. The number of amides is 1. The lowest BCUT2D eigenvalue weighted by molar-refractivity contribution is -0.384. The van der Waals surface area contributed by atoms with Crippen LogP contribution in [-0.2, 0) is 16.0 Å². The highest BCUT2D eigenvalue weighted by Crippen LogP contribution is 2.35. The number of aliphatic carboxylic acids is 1. The average molecular weight is 411 g/mol. The van der Waals surface area contributed by atoms with Crippen LogP contribution in [0.15, 0.2) is 65.9 Å². The molecule has 3 rings (SSSR count). The molecule has 1 aliphatic heterocycles. The zero-order chi connectivity index (χ0) is 21.1. The molecule has 2 N–H and O–H groups in total. The van der Waals surface area contributed by atoms with Gasteiger partial charge in [-0.15, -0.1) is 0 Å². The molecular weight excluding hydrogens is 394 g/mol. The molecule has 29 heavy (non-hydrogen) atoms. The van der Waals surface area contributed by atoms with E-state index < -0.39 is 22.8 Å². The average Bonchev–Trinajstić information content (AvgIpc) is 2.67. The van der Waals surface area contributed by atoms with Gasteiger partial charge in [-0.2, -0.15) is 0 Å². The van der Waals surface area contributed by atoms with E-state index in [2.05, 4.69) is 5.32 Å². The van der Waals surface area contributed by atoms with E-state index in [0.717, 1.165) is 5.56 Å². The molecule has 2 aromatic rings. The fraction of sp³-hybridized carbons (Fsp3) is 0.150. The van der Waals surface area contributed by atoms with Crippen molar-refractivity contribution in [2.24, 2.45) is 0 Å². The lowest BCUT2D eigenvalue weighted by Crippen LogP contribution is -2.51. The van der Waals surface area contributed by atoms with E-state index in [1.54, 1.807) is 37.3 Å². The van der Waals surface area contributed by atoms with Gasteiger partial charge in [0.2, 0.25) is 5.91 Å². The van der Waals surface area contributed by atoms with Crippen LogP contribution in [0.4, 0.5) is 5.69 Å². The summed E-state index contributed by atoms with van der Waals surface area (Å²) in [5.41, 5.74) is 1.01. The zero-order valence-electron chi connectivity index (χ0n) is 15.4. The summed E-state index contributed by atoms with van der Waals surface area (Å²) < 4.78 is 0. The third kappa shape index (κ3) is 4.14. The molecule has 0 bridgehead atoms. The maximum atomic E-state index is 13.1. The van der Waals surface area contributed by atoms with Gasteiger partial charge >= 0.3 is 5.97 Å². The summed E-state index contributed by atoms with van der Waals surface area (Å²) in [4.78, 5) is 36.9. The summed E-state index contributed by atoms with van der Waals surface area (Å²) in [6, 6.07) is 13.4. The third-order valence-corrected chi connectivity index (χ3v) is 4.84. The second kappa shape index (κ2) is 8.19. The number of allylic oxidation sites excluding steroid dienone is 1. The number of nitro benzene ring substituents is 1. The van der Waals surface area contributed by atoms with E-state index >= 15 is 0 Å². The van der Waals surface area contributed by atoms with Crippen LogP contribution < -0.4 is 5.32 Å². The Kier molecular flexibility index (Phi) is 5.69. The Balaban J connectivity index is 2.10. The molecule has 8 nitrogen and oxygen atoms in total. The minimum atomic E-state index is -1.24. The summed E-state index contributed by atoms with van der Waals surface area (Å²) in [5.74, 6) is -1.66. The number of rotatable bonds is 5. The van der Waals surface area contributed by atoms with Gasteiger partial charge in [0.1, 0.15) is 0 Å². The SMILES string of the molecule is CC1=C(C(=O)O)C(c2cccc([N+](=O)[O-])c2)N(C(=O)Cc2ccccc2)C(=S)N1. The Labute approximate surface area is 171 Å². The van der Waals surface area contributed by atoms with Crippen molar-refractivity contribution < 1.29 is 19.6 Å². The Hall–Kier alpha value is -3.59. The number of hydrogen-bond donors (Lipinski definition) is 2. The Morgan fingerprint density at radius 3 is 2.52 bits per heavy atom. The second-order valence-electron chi connectivity index (χ2n) is 6.45. The maximum Gasteiger partial charge on any atom is 0.335 e. The van der Waals surface area contributed by atoms with Crippen molar-refractivity contribution in [3.8, 4) is 0 Å². The molecule has 0 aromatic heterocycles. The number of carboxylic acid groups (broad SMARTS) is 1. The number of nitro groups is 1. The standard InChI is InChI=1S/C20H17N3O5S/c1-12-17(19(25)26)18(14-8-5-9-15(11-14)23(27)28)22(20(29)21-12)16(24)10-13-6-3-2-4-7-13/h2-9,11,18H,10H2,1H3,(H,21,29)(H,25,26). The molecule has 0 fully saturated rings. The van der Waals surface area contributed by atoms with E-state index in [-0.39, 0.29) is 28.5 Å². The fourth-order valence-electron chi connectivity index (χ4n) is 3.25. The largest absolute Gasteiger partial charge is 0.478 e. The van der Waals surface area contributed by atoms with Crippen molar-refractivity contribution in [1.29, 1.82) is 0 Å². The highest BCUT2D eigenvalue weighted by Gasteiger charge is 2.39. The van der Waals surface area contributed by atoms with Crippen molar-refractivity contribution >= 4 is 34.9 Å². The van der Waals surface area contributed by atoms with Crippen LogP contribution in [0.25, 0.3) is 0 Å². The summed E-state index contributed by atoms with van der Waals surface area (Å²) in [6.07, 6.45) is 0.0000332. The molecule has 0 aliphatic carbocycles. The lowest BCUT2D eigenvalue weighted by atomic mass is 9.93. The molecule has 1 unspecified atom stereocenters. The maximum absolute atomic E-state index is 13.1.